The number of anilines is 1. The van der Waals surface area contributed by atoms with E-state index >= 15 is 0 Å². The maximum atomic E-state index is 13.5. The summed E-state index contributed by atoms with van der Waals surface area (Å²) < 4.78 is 5.30. The fourth-order valence-corrected chi connectivity index (χ4v) is 7.08. The molecule has 1 saturated carbocycles. The summed E-state index contributed by atoms with van der Waals surface area (Å²) in [7, 11) is 0.486. The average molecular weight is 459 g/mol. The van der Waals surface area contributed by atoms with E-state index in [0.717, 1.165) is 36.1 Å². The molecule has 2 N–H and O–H groups in total. The lowest BCUT2D eigenvalue weighted by molar-refractivity contribution is -0.148. The summed E-state index contributed by atoms with van der Waals surface area (Å²) >= 11 is 0. The highest BCUT2D eigenvalue weighted by Crippen LogP contribution is 2.60. The minimum absolute atomic E-state index is 0.0576. The zero-order valence-corrected chi connectivity index (χ0v) is 20.6. The molecule has 0 bridgehead atoms. The predicted octanol–water partition coefficient (Wildman–Crippen LogP) is 3.93. The Bertz CT molecular complexity index is 1020. The second kappa shape index (κ2) is 7.92. The van der Waals surface area contributed by atoms with Gasteiger partial charge in [-0.25, -0.2) is 10.0 Å². The van der Waals surface area contributed by atoms with Gasteiger partial charge in [0.1, 0.15) is 0 Å². The van der Waals surface area contributed by atoms with Gasteiger partial charge in [0.2, 0.25) is 5.91 Å². The number of aromatic nitrogens is 2. The predicted molar refractivity (Wildman–Crippen MR) is 129 cm³/mol. The number of hydrogen-bond donors (Lipinski definition) is 2. The van der Waals surface area contributed by atoms with Gasteiger partial charge in [-0.15, -0.1) is 0 Å². The van der Waals surface area contributed by atoms with Crippen LogP contribution in [0.2, 0.25) is 0 Å². The Morgan fingerprint density at radius 2 is 1.84 bits per heavy atom. The first kappa shape index (κ1) is 22.9. The number of carbonyl (C=O) groups is 2. The number of hydrogen-bond acceptors (Lipinski definition) is 4. The first-order valence-electron chi connectivity index (χ1n) is 11.0. The Kier molecular flexibility index (Phi) is 5.66. The Hall–Kier alpha value is -2.32. The lowest BCUT2D eigenvalue weighted by atomic mass is 9.83. The maximum Gasteiger partial charge on any atom is 0.257 e. The van der Waals surface area contributed by atoms with Crippen molar-refractivity contribution in [1.29, 1.82) is 0 Å². The zero-order valence-electron chi connectivity index (χ0n) is 19.8. The lowest BCUT2D eigenvalue weighted by Gasteiger charge is -2.53. The highest BCUT2D eigenvalue weighted by molar-refractivity contribution is 8.33. The second-order valence-corrected chi connectivity index (χ2v) is 14.5. The highest BCUT2D eigenvalue weighted by atomic mass is 32.3. The molecule has 2 amide bonds. The van der Waals surface area contributed by atoms with Crippen molar-refractivity contribution < 1.29 is 14.3 Å². The van der Waals surface area contributed by atoms with Crippen LogP contribution in [0.25, 0.3) is 0 Å². The molecule has 1 atom stereocenters. The summed E-state index contributed by atoms with van der Waals surface area (Å²) in [4.78, 5) is 28.7. The molecule has 8 heteroatoms. The van der Waals surface area contributed by atoms with E-state index in [1.165, 1.54) is 0 Å². The number of methoxy groups -OCH3 is 1. The minimum Gasteiger partial charge on any atom is -0.367 e. The van der Waals surface area contributed by atoms with E-state index < -0.39 is 21.7 Å². The van der Waals surface area contributed by atoms with Crippen molar-refractivity contribution in [2.24, 2.45) is 0 Å². The van der Waals surface area contributed by atoms with Crippen molar-refractivity contribution in [3.8, 4) is 0 Å². The minimum atomic E-state index is -1.07. The number of H-pyrrole nitrogens is 1. The molecular formula is C24H34N4O3S. The summed E-state index contributed by atoms with van der Waals surface area (Å²) in [5.74, 6) is 0.485. The van der Waals surface area contributed by atoms with Crippen molar-refractivity contribution in [3.05, 3.63) is 47.2 Å². The molecule has 2 aliphatic rings. The summed E-state index contributed by atoms with van der Waals surface area (Å²) in [6.45, 7) is 4.35. The third-order valence-corrected chi connectivity index (χ3v) is 10.2. The number of nitrogens with zero attached hydrogens (tertiary/aromatic N) is 2. The van der Waals surface area contributed by atoms with Gasteiger partial charge < -0.3 is 15.0 Å². The van der Waals surface area contributed by atoms with Gasteiger partial charge in [-0.2, -0.15) is 5.10 Å². The Balaban J connectivity index is 1.59. The number of rotatable bonds is 6. The molecule has 0 unspecified atom stereocenters. The first-order chi connectivity index (χ1) is 15.0. The monoisotopic (exact) mass is 458 g/mol. The molecule has 0 saturated heterocycles. The standard InChI is InChI=1S/C24H34N4O3S/c1-23(2)19-17(15-28(23)21(29)18(31-3)16-11-8-7-9-12-16)20(27-26-19)25-22(30)24(13-10-14-24)32(4,5)6/h7-9,11-12,18H,10,13-15H2,1-6H3,(H2,25,26,27,30)/t18-/m1/s1. The summed E-state index contributed by atoms with van der Waals surface area (Å²) in [5, 5.41) is 10.6. The second-order valence-electron chi connectivity index (χ2n) is 10.1. The van der Waals surface area contributed by atoms with E-state index in [4.69, 9.17) is 4.74 Å². The number of amides is 2. The molecule has 32 heavy (non-hydrogen) atoms. The molecule has 0 spiro atoms. The van der Waals surface area contributed by atoms with Gasteiger partial charge in [0, 0.05) is 12.7 Å². The maximum absolute atomic E-state index is 13.5. The van der Waals surface area contributed by atoms with Gasteiger partial charge >= 0.3 is 0 Å². The number of carbonyl (C=O) groups excluding carboxylic acids is 2. The van der Waals surface area contributed by atoms with Crippen LogP contribution in [-0.2, 0) is 26.4 Å². The van der Waals surface area contributed by atoms with Crippen LogP contribution in [-0.4, -0.2) is 57.5 Å². The van der Waals surface area contributed by atoms with Crippen LogP contribution in [0.1, 0.15) is 56.0 Å². The van der Waals surface area contributed by atoms with Gasteiger partial charge in [0.05, 0.1) is 22.5 Å². The van der Waals surface area contributed by atoms with Crippen molar-refractivity contribution >= 4 is 27.7 Å². The fraction of sp³-hybridized carbons (Fsp3) is 0.542. The fourth-order valence-electron chi connectivity index (χ4n) is 4.96. The van der Waals surface area contributed by atoms with E-state index in [1.807, 2.05) is 44.2 Å². The summed E-state index contributed by atoms with van der Waals surface area (Å²) in [6, 6.07) is 9.51. The third kappa shape index (κ3) is 3.44. The smallest absolute Gasteiger partial charge is 0.257 e. The Morgan fingerprint density at radius 3 is 2.38 bits per heavy atom. The molecule has 1 aliphatic carbocycles. The molecule has 2 aromatic rings. The molecule has 0 radical (unpaired) electrons. The van der Waals surface area contributed by atoms with Crippen LogP contribution in [0, 0.1) is 0 Å². The Morgan fingerprint density at radius 1 is 1.19 bits per heavy atom. The normalized spacial score (nSPS) is 20.2. The van der Waals surface area contributed by atoms with E-state index in [9.17, 15) is 9.59 Å². The topological polar surface area (TPSA) is 87.3 Å². The molecule has 1 aromatic carbocycles. The number of ether oxygens (including phenoxy) is 1. The first-order valence-corrected chi connectivity index (χ1v) is 13.8. The molecule has 174 valence electrons. The van der Waals surface area contributed by atoms with Crippen LogP contribution in [0.5, 0.6) is 0 Å². The van der Waals surface area contributed by atoms with Crippen molar-refractivity contribution in [3.63, 3.8) is 0 Å². The van der Waals surface area contributed by atoms with Gasteiger partial charge in [0.15, 0.2) is 11.9 Å². The van der Waals surface area contributed by atoms with E-state index in [0.29, 0.717) is 12.4 Å². The molecule has 7 nitrogen and oxygen atoms in total. The van der Waals surface area contributed by atoms with Crippen molar-refractivity contribution in [1.82, 2.24) is 15.1 Å². The van der Waals surface area contributed by atoms with Gasteiger partial charge in [-0.3, -0.25) is 14.7 Å². The Labute approximate surface area is 191 Å². The third-order valence-electron chi connectivity index (χ3n) is 7.28. The van der Waals surface area contributed by atoms with Gasteiger partial charge in [-0.1, -0.05) is 30.3 Å². The molecular weight excluding hydrogens is 424 g/mol. The van der Waals surface area contributed by atoms with E-state index in [-0.39, 0.29) is 16.6 Å². The number of fused-ring (bicyclic) bond motifs is 1. The van der Waals surface area contributed by atoms with E-state index in [1.54, 1.807) is 12.0 Å². The molecule has 1 aromatic heterocycles. The van der Waals surface area contributed by atoms with Crippen LogP contribution >= 0.6 is 10.0 Å². The number of nitrogens with one attached hydrogen (secondary N) is 2. The largest absolute Gasteiger partial charge is 0.367 e. The number of benzene rings is 1. The summed E-state index contributed by atoms with van der Waals surface area (Å²) in [5.41, 5.74) is 1.95. The van der Waals surface area contributed by atoms with Crippen molar-refractivity contribution in [2.45, 2.75) is 56.0 Å². The number of aromatic amines is 1. The molecule has 2 heterocycles. The van der Waals surface area contributed by atoms with Gasteiger partial charge in [0.25, 0.3) is 5.91 Å². The molecule has 1 aliphatic heterocycles. The van der Waals surface area contributed by atoms with Gasteiger partial charge in [-0.05, 0) is 57.4 Å². The van der Waals surface area contributed by atoms with Crippen LogP contribution in [0.3, 0.4) is 0 Å². The highest BCUT2D eigenvalue weighted by Gasteiger charge is 2.51. The van der Waals surface area contributed by atoms with E-state index in [2.05, 4.69) is 34.3 Å². The molecule has 4 rings (SSSR count). The van der Waals surface area contributed by atoms with Crippen LogP contribution in [0.4, 0.5) is 5.82 Å². The molecule has 1 fully saturated rings. The average Bonchev–Trinajstić information content (AvgIpc) is 3.19. The summed E-state index contributed by atoms with van der Waals surface area (Å²) in [6.07, 6.45) is 8.87. The van der Waals surface area contributed by atoms with Crippen LogP contribution < -0.4 is 5.32 Å². The van der Waals surface area contributed by atoms with Crippen LogP contribution in [0.15, 0.2) is 30.3 Å². The lowest BCUT2D eigenvalue weighted by Crippen LogP contribution is -2.51. The quantitative estimate of drug-likeness (QED) is 0.687. The van der Waals surface area contributed by atoms with Crippen molar-refractivity contribution in [2.75, 3.05) is 31.2 Å². The SMILES string of the molecule is CO[C@@H](C(=O)N1Cc2c(NC(=O)C3(S(C)(C)C)CCC3)n[nH]c2C1(C)C)c1ccccc1. The zero-order chi connectivity index (χ0) is 23.3.